The van der Waals surface area contributed by atoms with E-state index in [1.54, 1.807) is 30.1 Å². The van der Waals surface area contributed by atoms with Gasteiger partial charge in [-0.2, -0.15) is 0 Å². The molecule has 0 saturated carbocycles. The Morgan fingerprint density at radius 3 is 2.82 bits per heavy atom. The molecule has 1 aliphatic heterocycles. The van der Waals surface area contributed by atoms with E-state index in [4.69, 9.17) is 11.6 Å². The molecule has 0 radical (unpaired) electrons. The van der Waals surface area contributed by atoms with Gasteiger partial charge >= 0.3 is 0 Å². The van der Waals surface area contributed by atoms with Crippen molar-refractivity contribution in [3.63, 3.8) is 0 Å². The first-order chi connectivity index (χ1) is 10.4. The minimum absolute atomic E-state index is 0.0369. The lowest BCUT2D eigenvalue weighted by atomic mass is 10.1. The summed E-state index contributed by atoms with van der Waals surface area (Å²) < 4.78 is 0. The maximum absolute atomic E-state index is 12.2. The number of nitrogens with one attached hydrogen (secondary N) is 1. The summed E-state index contributed by atoms with van der Waals surface area (Å²) in [6, 6.07) is 4.86. The summed E-state index contributed by atoms with van der Waals surface area (Å²) in [4.78, 5) is 36.6. The fraction of sp³-hybridized carbons (Fsp3) is 0.400. The molecule has 7 heteroatoms. The molecule has 1 unspecified atom stereocenters. The Hall–Kier alpha value is -1.53. The molecule has 0 aromatic heterocycles. The molecule has 1 atom stereocenters. The molecule has 0 aliphatic carbocycles. The lowest BCUT2D eigenvalue weighted by molar-refractivity contribution is -0.117. The molecule has 1 aromatic carbocycles. The highest BCUT2D eigenvalue weighted by Gasteiger charge is 2.32. The average Bonchev–Trinajstić information content (AvgIpc) is 2.86. The number of thioether (sulfide) groups is 1. The van der Waals surface area contributed by atoms with E-state index >= 15 is 0 Å². The second-order valence-corrected chi connectivity index (χ2v) is 6.73. The fourth-order valence-electron chi connectivity index (χ4n) is 2.37. The predicted octanol–water partition coefficient (Wildman–Crippen LogP) is 2.33. The Kier molecular flexibility index (Phi) is 5.47. The monoisotopic (exact) mass is 340 g/mol. The van der Waals surface area contributed by atoms with Crippen molar-refractivity contribution in [1.29, 1.82) is 0 Å². The van der Waals surface area contributed by atoms with E-state index in [2.05, 4.69) is 5.32 Å². The molecule has 1 saturated heterocycles. The van der Waals surface area contributed by atoms with Crippen molar-refractivity contribution in [3.8, 4) is 0 Å². The van der Waals surface area contributed by atoms with Crippen LogP contribution in [0.5, 0.6) is 0 Å². The first-order valence-electron chi connectivity index (χ1n) is 6.87. The number of anilines is 1. The lowest BCUT2D eigenvalue weighted by Gasteiger charge is -2.19. The van der Waals surface area contributed by atoms with Crippen LogP contribution in [-0.2, 0) is 9.59 Å². The number of hydrogen-bond donors (Lipinski definition) is 1. The van der Waals surface area contributed by atoms with Crippen LogP contribution in [0.3, 0.4) is 0 Å². The molecule has 22 heavy (non-hydrogen) atoms. The van der Waals surface area contributed by atoms with Crippen molar-refractivity contribution in [2.24, 2.45) is 5.92 Å². The summed E-state index contributed by atoms with van der Waals surface area (Å²) in [6.07, 6.45) is 0.390. The molecule has 1 heterocycles. The second kappa shape index (κ2) is 7.15. The molecule has 1 fully saturated rings. The van der Waals surface area contributed by atoms with Gasteiger partial charge in [0.25, 0.3) is 5.91 Å². The zero-order valence-electron chi connectivity index (χ0n) is 12.4. The third-order valence-electron chi connectivity index (χ3n) is 3.45. The molecule has 0 spiro atoms. The van der Waals surface area contributed by atoms with Crippen LogP contribution in [0.1, 0.15) is 23.7 Å². The van der Waals surface area contributed by atoms with Crippen molar-refractivity contribution >= 4 is 46.0 Å². The summed E-state index contributed by atoms with van der Waals surface area (Å²) in [5, 5.41) is 3.02. The Bertz CT molecular complexity index is 621. The fourth-order valence-corrected chi connectivity index (χ4v) is 3.28. The number of carbonyl (C=O) groups excluding carboxylic acids is 3. The molecule has 2 amide bonds. The Balaban J connectivity index is 2.19. The zero-order valence-corrected chi connectivity index (χ0v) is 14.0. The topological polar surface area (TPSA) is 66.5 Å². The summed E-state index contributed by atoms with van der Waals surface area (Å²) in [7, 11) is 1.55. The summed E-state index contributed by atoms with van der Waals surface area (Å²) in [5.74, 6) is 0.462. The van der Waals surface area contributed by atoms with Gasteiger partial charge in [0.1, 0.15) is 0 Å². The van der Waals surface area contributed by atoms with Crippen LogP contribution in [0.4, 0.5) is 5.69 Å². The predicted molar refractivity (Wildman–Crippen MR) is 88.4 cm³/mol. The zero-order chi connectivity index (χ0) is 16.3. The van der Waals surface area contributed by atoms with Crippen molar-refractivity contribution in [3.05, 3.63) is 28.8 Å². The van der Waals surface area contributed by atoms with Gasteiger partial charge in [-0.15, -0.1) is 0 Å². The number of hydrogen-bond acceptors (Lipinski definition) is 4. The summed E-state index contributed by atoms with van der Waals surface area (Å²) in [6.45, 7) is 2.03. The van der Waals surface area contributed by atoms with Crippen LogP contribution in [0.15, 0.2) is 18.2 Å². The first-order valence-corrected chi connectivity index (χ1v) is 8.24. The number of nitrogens with zero attached hydrogens (tertiary/aromatic N) is 1. The quantitative estimate of drug-likeness (QED) is 0.913. The minimum atomic E-state index is -0.228. The minimum Gasteiger partial charge on any atom is -0.355 e. The molecule has 2 rings (SSSR count). The van der Waals surface area contributed by atoms with Gasteiger partial charge in [0.05, 0.1) is 10.7 Å². The standard InChI is InChI=1S/C15H17ClN2O3S/c1-9(19)22-8-10-5-14(20)18(7-10)13-6-11(15(21)17-2)3-4-12(13)16/h3-4,6,10H,5,7-8H2,1-2H3,(H,17,21). The van der Waals surface area contributed by atoms with Crippen molar-refractivity contribution in [2.75, 3.05) is 24.2 Å². The molecule has 5 nitrogen and oxygen atoms in total. The lowest BCUT2D eigenvalue weighted by Crippen LogP contribution is -2.26. The van der Waals surface area contributed by atoms with Gasteiger partial charge in [-0.1, -0.05) is 23.4 Å². The highest BCUT2D eigenvalue weighted by Crippen LogP contribution is 2.33. The van der Waals surface area contributed by atoms with E-state index in [1.807, 2.05) is 0 Å². The highest BCUT2D eigenvalue weighted by molar-refractivity contribution is 8.13. The van der Waals surface area contributed by atoms with E-state index in [-0.39, 0.29) is 22.8 Å². The van der Waals surface area contributed by atoms with Crippen molar-refractivity contribution in [2.45, 2.75) is 13.3 Å². The van der Waals surface area contributed by atoms with Crippen LogP contribution in [0, 0.1) is 5.92 Å². The van der Waals surface area contributed by atoms with Crippen molar-refractivity contribution in [1.82, 2.24) is 5.32 Å². The number of benzene rings is 1. The molecule has 1 N–H and O–H groups in total. The van der Waals surface area contributed by atoms with Gasteiger partial charge in [0, 0.05) is 38.3 Å². The maximum Gasteiger partial charge on any atom is 0.251 e. The summed E-state index contributed by atoms with van der Waals surface area (Å²) >= 11 is 7.41. The van der Waals surface area contributed by atoms with E-state index in [0.29, 0.717) is 35.0 Å². The van der Waals surface area contributed by atoms with Gasteiger partial charge in [0.2, 0.25) is 5.91 Å². The van der Waals surface area contributed by atoms with Crippen LogP contribution >= 0.6 is 23.4 Å². The SMILES string of the molecule is CNC(=O)c1ccc(Cl)c(N2CC(CSC(C)=O)CC2=O)c1. The Morgan fingerprint density at radius 1 is 1.45 bits per heavy atom. The van der Waals surface area contributed by atoms with Crippen LogP contribution in [0.25, 0.3) is 0 Å². The number of halogens is 1. The van der Waals surface area contributed by atoms with Crippen LogP contribution in [0.2, 0.25) is 5.02 Å². The first kappa shape index (κ1) is 16.8. The Morgan fingerprint density at radius 2 is 2.18 bits per heavy atom. The second-order valence-electron chi connectivity index (χ2n) is 5.12. The maximum atomic E-state index is 12.2. The summed E-state index contributed by atoms with van der Waals surface area (Å²) in [5.41, 5.74) is 0.999. The molecule has 0 bridgehead atoms. The molecular formula is C15H17ClN2O3S. The molecule has 1 aromatic rings. The Labute approximate surface area is 138 Å². The van der Waals surface area contributed by atoms with Crippen molar-refractivity contribution < 1.29 is 14.4 Å². The number of carbonyl (C=O) groups is 3. The normalized spacial score (nSPS) is 17.7. The van der Waals surface area contributed by atoms with Crippen LogP contribution < -0.4 is 10.2 Å². The molecule has 118 valence electrons. The number of amides is 2. The largest absolute Gasteiger partial charge is 0.355 e. The van der Waals surface area contributed by atoms with E-state index in [1.165, 1.54) is 18.7 Å². The third-order valence-corrected chi connectivity index (χ3v) is 4.82. The molecular weight excluding hydrogens is 324 g/mol. The average molecular weight is 341 g/mol. The van der Waals surface area contributed by atoms with E-state index in [9.17, 15) is 14.4 Å². The van der Waals surface area contributed by atoms with Gasteiger partial charge in [0.15, 0.2) is 5.12 Å². The highest BCUT2D eigenvalue weighted by atomic mass is 35.5. The third kappa shape index (κ3) is 3.81. The van der Waals surface area contributed by atoms with Crippen LogP contribution in [-0.4, -0.2) is 36.3 Å². The van der Waals surface area contributed by atoms with E-state index < -0.39 is 0 Å². The van der Waals surface area contributed by atoms with Gasteiger partial charge < -0.3 is 10.2 Å². The van der Waals surface area contributed by atoms with Gasteiger partial charge in [-0.3, -0.25) is 14.4 Å². The van der Waals surface area contributed by atoms with Gasteiger partial charge in [-0.25, -0.2) is 0 Å². The number of rotatable bonds is 4. The van der Waals surface area contributed by atoms with Gasteiger partial charge in [-0.05, 0) is 24.1 Å². The van der Waals surface area contributed by atoms with E-state index in [0.717, 1.165) is 0 Å². The molecule has 1 aliphatic rings. The smallest absolute Gasteiger partial charge is 0.251 e.